The lowest BCUT2D eigenvalue weighted by Gasteiger charge is -2.40. The number of aromatic nitrogens is 3. The molecule has 0 N–H and O–H groups in total. The van der Waals surface area contributed by atoms with Crippen LogP contribution in [0, 0.1) is 0 Å². The molecule has 3 nitrogen and oxygen atoms in total. The van der Waals surface area contributed by atoms with Gasteiger partial charge in [-0.1, -0.05) is 206 Å². The molecule has 0 atom stereocenters. The Morgan fingerprint density at radius 2 is 0.903 bits per heavy atom. The van der Waals surface area contributed by atoms with Gasteiger partial charge in [-0.3, -0.25) is 0 Å². The number of hydrogen-bond donors (Lipinski definition) is 0. The third-order valence-corrected chi connectivity index (χ3v) is 14.1. The van der Waals surface area contributed by atoms with Crippen molar-refractivity contribution < 1.29 is 0 Å². The highest BCUT2D eigenvalue weighted by Gasteiger charge is 2.50. The smallest absolute Gasteiger partial charge is 0.160 e. The fourth-order valence-electron chi connectivity index (χ4n) is 10.2. The second kappa shape index (κ2) is 13.7. The summed E-state index contributed by atoms with van der Waals surface area (Å²) in [5, 5.41) is 4.59. The van der Waals surface area contributed by atoms with Gasteiger partial charge in [0.2, 0.25) is 0 Å². The average molecular weight is 806 g/mol. The maximum absolute atomic E-state index is 5.53. The molecule has 0 fully saturated rings. The molecule has 62 heavy (non-hydrogen) atoms. The molecule has 288 valence electrons. The largest absolute Gasteiger partial charge is 0.247 e. The molecule has 2 aromatic heterocycles. The third-order valence-electron chi connectivity index (χ3n) is 12.9. The van der Waals surface area contributed by atoms with Crippen molar-refractivity contribution in [3.05, 3.63) is 235 Å². The minimum absolute atomic E-state index is 0.459. The van der Waals surface area contributed by atoms with Crippen LogP contribution in [-0.4, -0.2) is 15.0 Å². The summed E-state index contributed by atoms with van der Waals surface area (Å²) in [5.41, 5.74) is 16.7. The van der Waals surface area contributed by atoms with Crippen LogP contribution in [0.3, 0.4) is 0 Å². The molecule has 0 amide bonds. The van der Waals surface area contributed by atoms with E-state index in [2.05, 4.69) is 188 Å². The van der Waals surface area contributed by atoms with E-state index in [1.165, 1.54) is 48.6 Å². The van der Waals surface area contributed by atoms with E-state index in [-0.39, 0.29) is 0 Å². The molecule has 0 saturated carbocycles. The van der Waals surface area contributed by atoms with E-state index in [4.69, 9.17) is 15.0 Å². The Balaban J connectivity index is 1.02. The quantitative estimate of drug-likeness (QED) is 0.166. The summed E-state index contributed by atoms with van der Waals surface area (Å²) in [5.74, 6) is 0.724. The molecule has 1 spiro atoms. The second-order valence-electron chi connectivity index (χ2n) is 16.2. The highest BCUT2D eigenvalue weighted by Crippen LogP contribution is 2.63. The van der Waals surface area contributed by atoms with Crippen molar-refractivity contribution in [1.29, 1.82) is 0 Å². The minimum Gasteiger partial charge on any atom is -0.247 e. The van der Waals surface area contributed by atoms with Gasteiger partial charge in [-0.05, 0) is 62.7 Å². The zero-order chi connectivity index (χ0) is 40.8. The van der Waals surface area contributed by atoms with Gasteiger partial charge in [0.1, 0.15) is 0 Å². The number of nitrogens with zero attached hydrogens (tertiary/aromatic N) is 3. The van der Waals surface area contributed by atoms with Gasteiger partial charge in [-0.2, -0.15) is 0 Å². The lowest BCUT2D eigenvalue weighted by atomic mass is 9.67. The van der Waals surface area contributed by atoms with Crippen molar-refractivity contribution in [3.63, 3.8) is 0 Å². The van der Waals surface area contributed by atoms with Gasteiger partial charge in [-0.25, -0.2) is 15.0 Å². The monoisotopic (exact) mass is 805 g/mol. The summed E-state index contributed by atoms with van der Waals surface area (Å²) in [7, 11) is 0. The molecule has 0 radical (unpaired) electrons. The summed E-state index contributed by atoms with van der Waals surface area (Å²) in [6.07, 6.45) is 0. The first-order chi connectivity index (χ1) is 30.7. The summed E-state index contributed by atoms with van der Waals surface area (Å²) in [6.45, 7) is 0. The predicted molar refractivity (Wildman–Crippen MR) is 256 cm³/mol. The molecule has 2 aliphatic rings. The van der Waals surface area contributed by atoms with Crippen LogP contribution in [0.2, 0.25) is 0 Å². The Bertz CT molecular complexity index is 3550. The summed E-state index contributed by atoms with van der Waals surface area (Å²) in [6, 6.07) is 76.6. The third kappa shape index (κ3) is 5.11. The van der Waals surface area contributed by atoms with E-state index in [1.807, 2.05) is 36.0 Å². The standard InChI is InChI=1S/C58H35N3S/c1-3-15-37(16-4-1)55-45-33-34-49-56(62-52-26-14-12-24-48(52)58(49)46-22-10-7-19-41(46)42-20-8-11-23-47(42)58)53(45)43-32-31-40(35-51(43)59-55)36-27-29-38(30-28-36)54-44-21-9-13-25-50(44)60-57(61-54)39-17-5-2-6-18-39/h1-35H. The normalized spacial score (nSPS) is 13.2. The number of fused-ring (bicyclic) bond motifs is 14. The molecule has 0 bridgehead atoms. The summed E-state index contributed by atoms with van der Waals surface area (Å²) in [4.78, 5) is 18.2. The molecule has 9 aromatic carbocycles. The Hall–Kier alpha value is -7.66. The molecule has 4 heteroatoms. The fraction of sp³-hybridized carbons (Fsp3) is 0.0172. The highest BCUT2D eigenvalue weighted by molar-refractivity contribution is 7.99. The molecular weight excluding hydrogens is 771 g/mol. The lowest BCUT2D eigenvalue weighted by Crippen LogP contribution is -2.32. The van der Waals surface area contributed by atoms with Crippen LogP contribution < -0.4 is 0 Å². The van der Waals surface area contributed by atoms with Gasteiger partial charge in [0.25, 0.3) is 0 Å². The van der Waals surface area contributed by atoms with Crippen LogP contribution in [-0.2, 0) is 5.41 Å². The van der Waals surface area contributed by atoms with Gasteiger partial charge >= 0.3 is 0 Å². The number of para-hydroxylation sites is 1. The van der Waals surface area contributed by atoms with E-state index >= 15 is 0 Å². The van der Waals surface area contributed by atoms with Gasteiger partial charge in [0.05, 0.1) is 27.8 Å². The number of benzene rings is 9. The van der Waals surface area contributed by atoms with Gasteiger partial charge in [-0.15, -0.1) is 0 Å². The average Bonchev–Trinajstić information content (AvgIpc) is 3.64. The van der Waals surface area contributed by atoms with E-state index in [0.717, 1.165) is 72.2 Å². The molecule has 11 aromatic rings. The van der Waals surface area contributed by atoms with Crippen molar-refractivity contribution in [2.45, 2.75) is 15.2 Å². The first kappa shape index (κ1) is 35.1. The zero-order valence-corrected chi connectivity index (χ0v) is 34.3. The summed E-state index contributed by atoms with van der Waals surface area (Å²) >= 11 is 1.90. The van der Waals surface area contributed by atoms with Gasteiger partial charge < -0.3 is 0 Å². The van der Waals surface area contributed by atoms with E-state index in [1.54, 1.807) is 0 Å². The molecule has 0 unspecified atom stereocenters. The Morgan fingerprint density at radius 1 is 0.339 bits per heavy atom. The van der Waals surface area contributed by atoms with Gasteiger partial charge in [0, 0.05) is 48.0 Å². The van der Waals surface area contributed by atoms with Crippen LogP contribution in [0.25, 0.3) is 88.7 Å². The van der Waals surface area contributed by atoms with Crippen LogP contribution in [0.1, 0.15) is 22.3 Å². The van der Waals surface area contributed by atoms with Crippen molar-refractivity contribution in [2.75, 3.05) is 0 Å². The maximum atomic E-state index is 5.53. The van der Waals surface area contributed by atoms with Gasteiger partial charge in [0.15, 0.2) is 5.82 Å². The minimum atomic E-state index is -0.459. The molecule has 1 aliphatic heterocycles. The topological polar surface area (TPSA) is 38.7 Å². The predicted octanol–water partition coefficient (Wildman–Crippen LogP) is 14.8. The Kier molecular flexibility index (Phi) is 7.75. The molecular formula is C58H35N3S. The lowest BCUT2D eigenvalue weighted by molar-refractivity contribution is 0.726. The highest BCUT2D eigenvalue weighted by atomic mass is 32.2. The molecule has 3 heterocycles. The first-order valence-corrected chi connectivity index (χ1v) is 21.9. The SMILES string of the molecule is c1ccc(-c2nc(-c3ccc(-c4ccc5c(c4)nc(-c4ccccc4)c4ccc6c(c45)Sc4ccccc4C64c5ccccc5-c5ccccc54)cc3)c3ccccc3n2)cc1. The van der Waals surface area contributed by atoms with Crippen molar-refractivity contribution >= 4 is 44.3 Å². The zero-order valence-electron chi connectivity index (χ0n) is 33.5. The fourth-order valence-corrected chi connectivity index (χ4v) is 11.6. The van der Waals surface area contributed by atoms with Crippen LogP contribution >= 0.6 is 11.8 Å². The first-order valence-electron chi connectivity index (χ1n) is 21.1. The maximum Gasteiger partial charge on any atom is 0.160 e. The van der Waals surface area contributed by atoms with Crippen molar-refractivity contribution in [2.24, 2.45) is 0 Å². The van der Waals surface area contributed by atoms with Crippen molar-refractivity contribution in [1.82, 2.24) is 15.0 Å². The Morgan fingerprint density at radius 3 is 1.66 bits per heavy atom. The number of pyridine rings is 1. The van der Waals surface area contributed by atoms with Crippen LogP contribution in [0.4, 0.5) is 0 Å². The van der Waals surface area contributed by atoms with Crippen LogP contribution in [0.5, 0.6) is 0 Å². The molecule has 13 rings (SSSR count). The van der Waals surface area contributed by atoms with Crippen LogP contribution in [0.15, 0.2) is 222 Å². The molecule has 1 aliphatic carbocycles. The van der Waals surface area contributed by atoms with E-state index in [0.29, 0.717) is 0 Å². The van der Waals surface area contributed by atoms with E-state index in [9.17, 15) is 0 Å². The Labute approximate surface area is 363 Å². The van der Waals surface area contributed by atoms with Crippen molar-refractivity contribution in [3.8, 4) is 56.2 Å². The second-order valence-corrected chi connectivity index (χ2v) is 17.3. The summed E-state index contributed by atoms with van der Waals surface area (Å²) < 4.78 is 0. The molecule has 0 saturated heterocycles. The van der Waals surface area contributed by atoms with E-state index < -0.39 is 5.41 Å². The number of hydrogen-bond acceptors (Lipinski definition) is 4. The number of rotatable bonds is 4.